The summed E-state index contributed by atoms with van der Waals surface area (Å²) in [6.45, 7) is 11.8. The summed E-state index contributed by atoms with van der Waals surface area (Å²) in [6.07, 6.45) is 0. The van der Waals surface area contributed by atoms with Crippen LogP contribution in [0.25, 0.3) is 0 Å². The van der Waals surface area contributed by atoms with Crippen LogP contribution >= 0.6 is 11.8 Å². The Balaban J connectivity index is 2.25. The second-order valence-corrected chi connectivity index (χ2v) is 7.67. The summed E-state index contributed by atoms with van der Waals surface area (Å²) < 4.78 is 0. The van der Waals surface area contributed by atoms with Gasteiger partial charge in [-0.1, -0.05) is 47.7 Å². The van der Waals surface area contributed by atoms with Gasteiger partial charge in [-0.3, -0.25) is 0 Å². The van der Waals surface area contributed by atoms with Crippen LogP contribution in [0.4, 0.5) is 0 Å². The van der Waals surface area contributed by atoms with E-state index < -0.39 is 0 Å². The van der Waals surface area contributed by atoms with E-state index in [1.807, 2.05) is 11.8 Å². The van der Waals surface area contributed by atoms with Crippen molar-refractivity contribution in [1.82, 2.24) is 5.32 Å². The Morgan fingerprint density at radius 2 is 1.67 bits per heavy atom. The van der Waals surface area contributed by atoms with Gasteiger partial charge in [-0.05, 0) is 57.9 Å². The normalized spacial score (nSPS) is 11.7. The molecule has 0 radical (unpaired) electrons. The minimum absolute atomic E-state index is 0.133. The molecule has 0 fully saturated rings. The third kappa shape index (κ3) is 4.90. The Hall–Kier alpha value is -1.25. The zero-order valence-electron chi connectivity index (χ0n) is 13.7. The van der Waals surface area contributed by atoms with E-state index in [0.29, 0.717) is 0 Å². The zero-order chi connectivity index (χ0) is 15.5. The highest BCUT2D eigenvalue weighted by Gasteiger charge is 2.11. The van der Waals surface area contributed by atoms with Gasteiger partial charge in [0.15, 0.2) is 0 Å². The molecule has 2 heteroatoms. The number of hydrogen-bond donors (Lipinski definition) is 1. The maximum atomic E-state index is 3.59. The molecule has 0 saturated heterocycles. The van der Waals surface area contributed by atoms with Crippen molar-refractivity contribution in [3.63, 3.8) is 0 Å². The van der Waals surface area contributed by atoms with Gasteiger partial charge in [-0.15, -0.1) is 0 Å². The van der Waals surface area contributed by atoms with Crippen molar-refractivity contribution >= 4 is 11.8 Å². The van der Waals surface area contributed by atoms with E-state index in [0.717, 1.165) is 6.54 Å². The van der Waals surface area contributed by atoms with Gasteiger partial charge in [0.05, 0.1) is 0 Å². The first-order chi connectivity index (χ1) is 9.85. The summed E-state index contributed by atoms with van der Waals surface area (Å²) in [7, 11) is 0. The van der Waals surface area contributed by atoms with Crippen LogP contribution in [0.2, 0.25) is 0 Å². The monoisotopic (exact) mass is 299 g/mol. The second-order valence-electron chi connectivity index (χ2n) is 6.58. The van der Waals surface area contributed by atoms with Gasteiger partial charge in [0.2, 0.25) is 0 Å². The van der Waals surface area contributed by atoms with Gasteiger partial charge in [-0.25, -0.2) is 0 Å². The SMILES string of the molecule is Cc1ccc(Sc2ccccc2C)c(CNC(C)(C)C)c1. The molecule has 0 amide bonds. The molecule has 0 aliphatic heterocycles. The van der Waals surface area contributed by atoms with Crippen LogP contribution in [0.1, 0.15) is 37.5 Å². The predicted octanol–water partition coefficient (Wildman–Crippen LogP) is 5.34. The lowest BCUT2D eigenvalue weighted by atomic mass is 10.1. The van der Waals surface area contributed by atoms with Gasteiger partial charge in [0.25, 0.3) is 0 Å². The molecule has 2 rings (SSSR count). The molecule has 0 atom stereocenters. The lowest BCUT2D eigenvalue weighted by Crippen LogP contribution is -2.35. The van der Waals surface area contributed by atoms with Crippen LogP contribution in [-0.4, -0.2) is 5.54 Å². The topological polar surface area (TPSA) is 12.0 Å². The van der Waals surface area contributed by atoms with E-state index >= 15 is 0 Å². The zero-order valence-corrected chi connectivity index (χ0v) is 14.5. The molecule has 1 nitrogen and oxygen atoms in total. The van der Waals surface area contributed by atoms with E-state index in [1.54, 1.807) is 0 Å². The molecule has 112 valence electrons. The largest absolute Gasteiger partial charge is 0.308 e. The molecule has 0 aliphatic rings. The molecular formula is C19H25NS. The third-order valence-electron chi connectivity index (χ3n) is 3.34. The fourth-order valence-corrected chi connectivity index (χ4v) is 3.11. The molecule has 2 aromatic carbocycles. The van der Waals surface area contributed by atoms with Gasteiger partial charge < -0.3 is 5.32 Å². The molecule has 0 spiro atoms. The minimum atomic E-state index is 0.133. The Morgan fingerprint density at radius 3 is 2.33 bits per heavy atom. The lowest BCUT2D eigenvalue weighted by molar-refractivity contribution is 0.422. The first kappa shape index (κ1) is 16.1. The van der Waals surface area contributed by atoms with E-state index in [-0.39, 0.29) is 5.54 Å². The van der Waals surface area contributed by atoms with Crippen LogP contribution in [-0.2, 0) is 6.54 Å². The van der Waals surface area contributed by atoms with Crippen LogP contribution in [0, 0.1) is 13.8 Å². The lowest BCUT2D eigenvalue weighted by Gasteiger charge is -2.22. The molecule has 0 heterocycles. The smallest absolute Gasteiger partial charge is 0.0221 e. The summed E-state index contributed by atoms with van der Waals surface area (Å²) in [5, 5.41) is 3.59. The molecule has 0 bridgehead atoms. The number of aryl methyl sites for hydroxylation is 2. The average Bonchev–Trinajstić information content (AvgIpc) is 2.40. The van der Waals surface area contributed by atoms with Crippen molar-refractivity contribution in [1.29, 1.82) is 0 Å². The Labute approximate surface area is 133 Å². The standard InChI is InChI=1S/C19H25NS/c1-14-10-11-18(16(12-14)13-20-19(3,4)5)21-17-9-7-6-8-15(17)2/h6-12,20H,13H2,1-5H3. The van der Waals surface area contributed by atoms with E-state index in [4.69, 9.17) is 0 Å². The Morgan fingerprint density at radius 1 is 0.952 bits per heavy atom. The molecule has 0 aliphatic carbocycles. The van der Waals surface area contributed by atoms with Crippen molar-refractivity contribution in [3.8, 4) is 0 Å². The molecular weight excluding hydrogens is 274 g/mol. The number of benzene rings is 2. The number of nitrogens with one attached hydrogen (secondary N) is 1. The van der Waals surface area contributed by atoms with Crippen LogP contribution in [0.15, 0.2) is 52.3 Å². The van der Waals surface area contributed by atoms with E-state index in [2.05, 4.69) is 82.4 Å². The van der Waals surface area contributed by atoms with Crippen LogP contribution in [0.3, 0.4) is 0 Å². The maximum Gasteiger partial charge on any atom is 0.0221 e. The third-order valence-corrected chi connectivity index (χ3v) is 4.63. The first-order valence-corrected chi connectivity index (χ1v) is 8.25. The predicted molar refractivity (Wildman–Crippen MR) is 93.1 cm³/mol. The summed E-state index contributed by atoms with van der Waals surface area (Å²) in [6, 6.07) is 15.3. The number of rotatable bonds is 4. The van der Waals surface area contributed by atoms with Crippen LogP contribution in [0.5, 0.6) is 0 Å². The minimum Gasteiger partial charge on any atom is -0.308 e. The van der Waals surface area contributed by atoms with Gasteiger partial charge in [0.1, 0.15) is 0 Å². The van der Waals surface area contributed by atoms with E-state index in [9.17, 15) is 0 Å². The van der Waals surface area contributed by atoms with E-state index in [1.165, 1.54) is 26.5 Å². The second kappa shape index (κ2) is 6.67. The fourth-order valence-electron chi connectivity index (χ4n) is 2.10. The molecule has 0 unspecified atom stereocenters. The Bertz CT molecular complexity index is 611. The van der Waals surface area contributed by atoms with Gasteiger partial charge in [-0.2, -0.15) is 0 Å². The Kier molecular flexibility index (Phi) is 5.13. The van der Waals surface area contributed by atoms with Crippen LogP contribution < -0.4 is 5.32 Å². The van der Waals surface area contributed by atoms with Crippen molar-refractivity contribution in [2.45, 2.75) is 56.5 Å². The van der Waals surface area contributed by atoms with Crippen molar-refractivity contribution in [2.75, 3.05) is 0 Å². The maximum absolute atomic E-state index is 3.59. The summed E-state index contributed by atoms with van der Waals surface area (Å²) >= 11 is 1.86. The summed E-state index contributed by atoms with van der Waals surface area (Å²) in [5.41, 5.74) is 4.15. The molecule has 0 saturated carbocycles. The molecule has 2 aromatic rings. The summed E-state index contributed by atoms with van der Waals surface area (Å²) in [4.78, 5) is 2.67. The summed E-state index contributed by atoms with van der Waals surface area (Å²) in [5.74, 6) is 0. The highest BCUT2D eigenvalue weighted by molar-refractivity contribution is 7.99. The quantitative estimate of drug-likeness (QED) is 0.817. The van der Waals surface area contributed by atoms with Gasteiger partial charge in [0, 0.05) is 21.9 Å². The first-order valence-electron chi connectivity index (χ1n) is 7.43. The average molecular weight is 299 g/mol. The fraction of sp³-hybridized carbons (Fsp3) is 0.368. The molecule has 21 heavy (non-hydrogen) atoms. The highest BCUT2D eigenvalue weighted by Crippen LogP contribution is 2.33. The number of hydrogen-bond acceptors (Lipinski definition) is 2. The van der Waals surface area contributed by atoms with Crippen molar-refractivity contribution in [2.24, 2.45) is 0 Å². The van der Waals surface area contributed by atoms with Crippen molar-refractivity contribution < 1.29 is 0 Å². The molecule has 1 N–H and O–H groups in total. The van der Waals surface area contributed by atoms with Crippen molar-refractivity contribution in [3.05, 3.63) is 59.2 Å². The molecule has 0 aromatic heterocycles. The van der Waals surface area contributed by atoms with Gasteiger partial charge >= 0.3 is 0 Å². The highest BCUT2D eigenvalue weighted by atomic mass is 32.2.